The van der Waals surface area contributed by atoms with Gasteiger partial charge in [-0.3, -0.25) is 9.59 Å². The molecule has 0 unspecified atom stereocenters. The summed E-state index contributed by atoms with van der Waals surface area (Å²) in [7, 11) is 0. The highest BCUT2D eigenvalue weighted by Crippen LogP contribution is 2.24. The number of fused-ring (bicyclic) bond motifs is 1. The number of hydrogen-bond acceptors (Lipinski definition) is 2. The van der Waals surface area contributed by atoms with Gasteiger partial charge in [-0.1, -0.05) is 18.2 Å². The van der Waals surface area contributed by atoms with Gasteiger partial charge in [0.1, 0.15) is 0 Å². The summed E-state index contributed by atoms with van der Waals surface area (Å²) in [5.74, 6) is -1.22. The smallest absolute Gasteiger partial charge is 0.308 e. The SMILES string of the molecule is Cc1[nH]c2ccccc2c1CC(=O)N1CCC[C@H](C(=O)O)C1. The van der Waals surface area contributed by atoms with Crippen molar-refractivity contribution in [3.05, 3.63) is 35.5 Å². The second kappa shape index (κ2) is 5.83. The fourth-order valence-corrected chi connectivity index (χ4v) is 3.23. The van der Waals surface area contributed by atoms with Crippen molar-refractivity contribution < 1.29 is 14.7 Å². The number of H-pyrrole nitrogens is 1. The molecule has 3 rings (SSSR count). The van der Waals surface area contributed by atoms with E-state index in [1.807, 2.05) is 31.2 Å². The molecule has 1 aliphatic heterocycles. The number of aliphatic carboxylic acids is 1. The monoisotopic (exact) mass is 300 g/mol. The Bertz CT molecular complexity index is 720. The van der Waals surface area contributed by atoms with Crippen LogP contribution in [-0.4, -0.2) is 40.0 Å². The maximum atomic E-state index is 12.5. The van der Waals surface area contributed by atoms with Crippen LogP contribution >= 0.6 is 0 Å². The summed E-state index contributed by atoms with van der Waals surface area (Å²) in [5, 5.41) is 10.2. The van der Waals surface area contributed by atoms with Gasteiger partial charge >= 0.3 is 5.97 Å². The number of carboxylic acids is 1. The first-order valence-corrected chi connectivity index (χ1v) is 7.63. The molecule has 1 fully saturated rings. The summed E-state index contributed by atoms with van der Waals surface area (Å²) < 4.78 is 0. The zero-order valence-electron chi connectivity index (χ0n) is 12.6. The highest BCUT2D eigenvalue weighted by Gasteiger charge is 2.28. The number of aromatic amines is 1. The number of aromatic nitrogens is 1. The van der Waals surface area contributed by atoms with Crippen LogP contribution in [0.3, 0.4) is 0 Å². The number of hydrogen-bond donors (Lipinski definition) is 2. The normalized spacial score (nSPS) is 18.6. The largest absolute Gasteiger partial charge is 0.481 e. The molecule has 5 heteroatoms. The molecule has 0 aliphatic carbocycles. The van der Waals surface area contributed by atoms with E-state index in [0.29, 0.717) is 25.9 Å². The molecule has 0 radical (unpaired) electrons. The Morgan fingerprint density at radius 3 is 2.91 bits per heavy atom. The Kier molecular flexibility index (Phi) is 3.88. The number of likely N-dealkylation sites (tertiary alicyclic amines) is 1. The number of carboxylic acid groups (broad SMARTS) is 1. The van der Waals surface area contributed by atoms with Gasteiger partial charge in [0, 0.05) is 29.7 Å². The van der Waals surface area contributed by atoms with Crippen molar-refractivity contribution in [1.29, 1.82) is 0 Å². The molecule has 1 aromatic carbocycles. The fourth-order valence-electron chi connectivity index (χ4n) is 3.23. The van der Waals surface area contributed by atoms with Gasteiger partial charge in [0.05, 0.1) is 12.3 Å². The summed E-state index contributed by atoms with van der Waals surface area (Å²) >= 11 is 0. The van der Waals surface area contributed by atoms with Crippen LogP contribution in [-0.2, 0) is 16.0 Å². The summed E-state index contributed by atoms with van der Waals surface area (Å²) in [6.45, 7) is 2.96. The van der Waals surface area contributed by atoms with E-state index in [2.05, 4.69) is 4.98 Å². The Labute approximate surface area is 128 Å². The van der Waals surface area contributed by atoms with Crippen LogP contribution in [0.25, 0.3) is 10.9 Å². The molecule has 2 aromatic rings. The molecule has 0 spiro atoms. The van der Waals surface area contributed by atoms with E-state index in [4.69, 9.17) is 5.11 Å². The van der Waals surface area contributed by atoms with Gasteiger partial charge in [0.15, 0.2) is 0 Å². The summed E-state index contributed by atoms with van der Waals surface area (Å²) in [6.07, 6.45) is 1.74. The van der Waals surface area contributed by atoms with Crippen LogP contribution in [0.1, 0.15) is 24.1 Å². The number of carbonyl (C=O) groups excluding carboxylic acids is 1. The molecule has 1 amide bonds. The van der Waals surface area contributed by atoms with Crippen molar-refractivity contribution in [3.8, 4) is 0 Å². The molecule has 2 N–H and O–H groups in total. The Morgan fingerprint density at radius 1 is 1.36 bits per heavy atom. The maximum Gasteiger partial charge on any atom is 0.308 e. The average Bonchev–Trinajstić information content (AvgIpc) is 2.83. The molecule has 1 atom stereocenters. The van der Waals surface area contributed by atoms with Crippen LogP contribution in [0.4, 0.5) is 0 Å². The third-order valence-corrected chi connectivity index (χ3v) is 4.48. The lowest BCUT2D eigenvalue weighted by Crippen LogP contribution is -2.43. The van der Waals surface area contributed by atoms with E-state index in [1.54, 1.807) is 4.90 Å². The fraction of sp³-hybridized carbons (Fsp3) is 0.412. The van der Waals surface area contributed by atoms with Crippen molar-refractivity contribution >= 4 is 22.8 Å². The van der Waals surface area contributed by atoms with Crippen LogP contribution in [0.5, 0.6) is 0 Å². The number of amides is 1. The standard InChI is InChI=1S/C17H20N2O3/c1-11-14(13-6-2-3-7-15(13)18-11)9-16(20)19-8-4-5-12(10-19)17(21)22/h2-3,6-7,12,18H,4-5,8-10H2,1H3,(H,21,22)/t12-/m0/s1. The molecule has 0 saturated carbocycles. The lowest BCUT2D eigenvalue weighted by molar-refractivity contribution is -0.145. The highest BCUT2D eigenvalue weighted by molar-refractivity contribution is 5.90. The zero-order chi connectivity index (χ0) is 15.7. The van der Waals surface area contributed by atoms with E-state index < -0.39 is 11.9 Å². The minimum Gasteiger partial charge on any atom is -0.481 e. The Morgan fingerprint density at radius 2 is 2.14 bits per heavy atom. The van der Waals surface area contributed by atoms with E-state index in [9.17, 15) is 9.59 Å². The van der Waals surface area contributed by atoms with Crippen molar-refractivity contribution in [1.82, 2.24) is 9.88 Å². The quantitative estimate of drug-likeness (QED) is 0.913. The number of carbonyl (C=O) groups is 2. The van der Waals surface area contributed by atoms with Crippen molar-refractivity contribution in [3.63, 3.8) is 0 Å². The summed E-state index contributed by atoms with van der Waals surface area (Å²) in [4.78, 5) is 28.7. The molecule has 1 aromatic heterocycles. The molecule has 1 aliphatic rings. The van der Waals surface area contributed by atoms with Crippen LogP contribution < -0.4 is 0 Å². The van der Waals surface area contributed by atoms with Crippen molar-refractivity contribution in [2.45, 2.75) is 26.2 Å². The third kappa shape index (κ3) is 2.71. The second-order valence-corrected chi connectivity index (χ2v) is 5.97. The number of aryl methyl sites for hydroxylation is 1. The van der Waals surface area contributed by atoms with Gasteiger partial charge in [-0.15, -0.1) is 0 Å². The molecule has 2 heterocycles. The third-order valence-electron chi connectivity index (χ3n) is 4.48. The molecule has 0 bridgehead atoms. The van der Waals surface area contributed by atoms with Gasteiger partial charge in [0.2, 0.25) is 5.91 Å². The van der Waals surface area contributed by atoms with E-state index >= 15 is 0 Å². The Hall–Kier alpha value is -2.30. The Balaban J connectivity index is 1.78. The number of rotatable bonds is 3. The molecular weight excluding hydrogens is 280 g/mol. The minimum atomic E-state index is -0.805. The maximum absolute atomic E-state index is 12.5. The summed E-state index contributed by atoms with van der Waals surface area (Å²) in [6, 6.07) is 7.94. The molecular formula is C17H20N2O3. The van der Waals surface area contributed by atoms with Crippen molar-refractivity contribution in [2.24, 2.45) is 5.92 Å². The minimum absolute atomic E-state index is 0.0128. The second-order valence-electron chi connectivity index (χ2n) is 5.97. The number of para-hydroxylation sites is 1. The van der Waals surface area contributed by atoms with E-state index in [-0.39, 0.29) is 5.91 Å². The average molecular weight is 300 g/mol. The molecule has 5 nitrogen and oxygen atoms in total. The van der Waals surface area contributed by atoms with Crippen LogP contribution in [0.2, 0.25) is 0 Å². The number of nitrogens with one attached hydrogen (secondary N) is 1. The van der Waals surface area contributed by atoms with E-state index in [0.717, 1.165) is 28.6 Å². The van der Waals surface area contributed by atoms with Gasteiger partial charge < -0.3 is 15.0 Å². The first-order chi connectivity index (χ1) is 10.6. The number of nitrogens with zero attached hydrogens (tertiary/aromatic N) is 1. The zero-order valence-corrected chi connectivity index (χ0v) is 12.6. The molecule has 22 heavy (non-hydrogen) atoms. The van der Waals surface area contributed by atoms with Gasteiger partial charge in [-0.25, -0.2) is 0 Å². The van der Waals surface area contributed by atoms with E-state index in [1.165, 1.54) is 0 Å². The van der Waals surface area contributed by atoms with Gasteiger partial charge in [-0.05, 0) is 31.4 Å². The van der Waals surface area contributed by atoms with Crippen molar-refractivity contribution in [2.75, 3.05) is 13.1 Å². The van der Waals surface area contributed by atoms with Crippen LogP contribution in [0, 0.1) is 12.8 Å². The lowest BCUT2D eigenvalue weighted by Gasteiger charge is -2.30. The number of benzene rings is 1. The first kappa shape index (κ1) is 14.6. The summed E-state index contributed by atoms with van der Waals surface area (Å²) in [5.41, 5.74) is 3.05. The molecule has 1 saturated heterocycles. The van der Waals surface area contributed by atoms with Gasteiger partial charge in [0.25, 0.3) is 0 Å². The van der Waals surface area contributed by atoms with Crippen LogP contribution in [0.15, 0.2) is 24.3 Å². The molecule has 116 valence electrons. The topological polar surface area (TPSA) is 73.4 Å². The highest BCUT2D eigenvalue weighted by atomic mass is 16.4. The predicted molar refractivity (Wildman–Crippen MR) is 83.7 cm³/mol. The first-order valence-electron chi connectivity index (χ1n) is 7.63. The predicted octanol–water partition coefficient (Wildman–Crippen LogP) is 2.34. The lowest BCUT2D eigenvalue weighted by atomic mass is 9.97. The number of piperidine rings is 1. The van der Waals surface area contributed by atoms with Gasteiger partial charge in [-0.2, -0.15) is 0 Å².